The molecule has 0 unspecified atom stereocenters. The number of alkyl carbamates (subject to hydrolysis) is 2. The summed E-state index contributed by atoms with van der Waals surface area (Å²) in [5.74, 6) is -2.28. The zero-order valence-electron chi connectivity index (χ0n) is 29.6. The van der Waals surface area contributed by atoms with Gasteiger partial charge in [-0.25, -0.2) is 14.4 Å². The Hall–Kier alpha value is -5.21. The summed E-state index contributed by atoms with van der Waals surface area (Å²) in [6, 6.07) is 16.6. The molecule has 2 rings (SSSR count). The van der Waals surface area contributed by atoms with Crippen molar-refractivity contribution in [2.75, 3.05) is 39.5 Å². The predicted octanol–water partition coefficient (Wildman–Crippen LogP) is 3.69. The van der Waals surface area contributed by atoms with E-state index in [9.17, 15) is 24.0 Å². The summed E-state index contributed by atoms with van der Waals surface area (Å²) in [5, 5.41) is 19.6. The summed E-state index contributed by atoms with van der Waals surface area (Å²) in [7, 11) is 0. The summed E-state index contributed by atoms with van der Waals surface area (Å²) in [5.41, 5.74) is 1.64. The van der Waals surface area contributed by atoms with Crippen LogP contribution in [-0.4, -0.2) is 86.7 Å². The SMILES string of the molecule is C=CC[C@@H](CC(=O)NCCOCCO)C(=O)N[C@@H](CCCCNC(=O)OCc1ccccc1)COC(=O)[C@@H](CC=C)NC(=O)OCc1ccccc1. The van der Waals surface area contributed by atoms with Gasteiger partial charge < -0.3 is 45.3 Å². The molecule has 2 aromatic rings. The third-order valence-corrected chi connectivity index (χ3v) is 7.48. The number of carbonyl (C=O) groups excluding carboxylic acids is 5. The van der Waals surface area contributed by atoms with Crippen LogP contribution in [0.3, 0.4) is 0 Å². The number of esters is 1. The van der Waals surface area contributed by atoms with Crippen LogP contribution in [0.25, 0.3) is 0 Å². The fourth-order valence-electron chi connectivity index (χ4n) is 4.78. The van der Waals surface area contributed by atoms with Crippen molar-refractivity contribution >= 4 is 30.0 Å². The first-order chi connectivity index (χ1) is 25.2. The van der Waals surface area contributed by atoms with E-state index in [-0.39, 0.29) is 71.4 Å². The topological polar surface area (TPSA) is 191 Å². The number of ether oxygens (including phenoxy) is 4. The summed E-state index contributed by atoms with van der Waals surface area (Å²) in [6.07, 6.45) is 3.25. The molecule has 2 aromatic carbocycles. The zero-order chi connectivity index (χ0) is 37.8. The molecule has 0 radical (unpaired) electrons. The highest BCUT2D eigenvalue weighted by Crippen LogP contribution is 2.13. The maximum absolute atomic E-state index is 13.4. The van der Waals surface area contributed by atoms with Crippen molar-refractivity contribution in [2.24, 2.45) is 5.92 Å². The highest BCUT2D eigenvalue weighted by molar-refractivity contribution is 5.86. The van der Waals surface area contributed by atoms with Gasteiger partial charge in [-0.05, 0) is 43.2 Å². The molecule has 3 atom stereocenters. The molecule has 0 saturated carbocycles. The van der Waals surface area contributed by atoms with Crippen LogP contribution in [0.1, 0.15) is 49.7 Å². The molecule has 0 spiro atoms. The molecular weight excluding hydrogens is 672 g/mol. The first-order valence-corrected chi connectivity index (χ1v) is 17.3. The molecule has 0 aliphatic carbocycles. The minimum atomic E-state index is -1.08. The Morgan fingerprint density at radius 3 is 1.98 bits per heavy atom. The number of aliphatic hydroxyl groups excluding tert-OH is 1. The molecule has 5 N–H and O–H groups in total. The molecule has 14 nitrogen and oxygen atoms in total. The monoisotopic (exact) mass is 724 g/mol. The molecule has 0 aliphatic rings. The largest absolute Gasteiger partial charge is 0.462 e. The average Bonchev–Trinajstić information content (AvgIpc) is 3.15. The van der Waals surface area contributed by atoms with E-state index in [1.54, 1.807) is 18.2 Å². The van der Waals surface area contributed by atoms with Gasteiger partial charge in [0.15, 0.2) is 0 Å². The van der Waals surface area contributed by atoms with Gasteiger partial charge >= 0.3 is 18.2 Å². The van der Waals surface area contributed by atoms with Crippen LogP contribution in [-0.2, 0) is 46.5 Å². The van der Waals surface area contributed by atoms with E-state index in [0.717, 1.165) is 11.1 Å². The molecule has 0 aromatic heterocycles. The van der Waals surface area contributed by atoms with Crippen LogP contribution in [0.15, 0.2) is 86.0 Å². The number of aliphatic hydroxyl groups is 1. The van der Waals surface area contributed by atoms with E-state index in [1.807, 2.05) is 48.5 Å². The lowest BCUT2D eigenvalue weighted by Crippen LogP contribution is -2.46. The van der Waals surface area contributed by atoms with Gasteiger partial charge in [0.1, 0.15) is 25.9 Å². The van der Waals surface area contributed by atoms with Gasteiger partial charge in [-0.3, -0.25) is 9.59 Å². The molecule has 0 fully saturated rings. The number of allylic oxidation sites excluding steroid dienone is 1. The van der Waals surface area contributed by atoms with E-state index in [0.29, 0.717) is 25.8 Å². The van der Waals surface area contributed by atoms with E-state index < -0.39 is 42.1 Å². The first kappa shape index (κ1) is 43.0. The van der Waals surface area contributed by atoms with Crippen LogP contribution in [0, 0.1) is 5.92 Å². The fraction of sp³-hybridized carbons (Fsp3) is 0.447. The number of unbranched alkanes of at least 4 members (excludes halogenated alkanes) is 1. The van der Waals surface area contributed by atoms with E-state index in [2.05, 4.69) is 34.4 Å². The van der Waals surface area contributed by atoms with E-state index in [4.69, 9.17) is 24.1 Å². The van der Waals surface area contributed by atoms with Crippen molar-refractivity contribution in [3.05, 3.63) is 97.1 Å². The Bertz CT molecular complexity index is 1380. The maximum Gasteiger partial charge on any atom is 0.408 e. The highest BCUT2D eigenvalue weighted by atomic mass is 16.6. The van der Waals surface area contributed by atoms with Gasteiger partial charge in [0.05, 0.1) is 31.8 Å². The number of carbonyl (C=O) groups is 5. The van der Waals surface area contributed by atoms with Gasteiger partial charge in [-0.15, -0.1) is 13.2 Å². The zero-order valence-corrected chi connectivity index (χ0v) is 29.6. The van der Waals surface area contributed by atoms with Gasteiger partial charge in [-0.2, -0.15) is 0 Å². The number of nitrogens with one attached hydrogen (secondary N) is 4. The molecule has 0 aliphatic heterocycles. The lowest BCUT2D eigenvalue weighted by Gasteiger charge is -2.23. The van der Waals surface area contributed by atoms with Gasteiger partial charge in [0.25, 0.3) is 0 Å². The first-order valence-electron chi connectivity index (χ1n) is 17.3. The molecule has 14 heteroatoms. The van der Waals surface area contributed by atoms with Gasteiger partial charge in [0.2, 0.25) is 11.8 Å². The van der Waals surface area contributed by atoms with Crippen LogP contribution < -0.4 is 21.3 Å². The molecular formula is C38H52N4O10. The van der Waals surface area contributed by atoms with Crippen molar-refractivity contribution in [1.29, 1.82) is 0 Å². The smallest absolute Gasteiger partial charge is 0.408 e. The number of hydrogen-bond acceptors (Lipinski definition) is 10. The molecule has 0 heterocycles. The molecule has 52 heavy (non-hydrogen) atoms. The number of amides is 4. The van der Waals surface area contributed by atoms with Crippen LogP contribution in [0.4, 0.5) is 9.59 Å². The minimum Gasteiger partial charge on any atom is -0.462 e. The van der Waals surface area contributed by atoms with Crippen molar-refractivity contribution < 1.29 is 48.0 Å². The fourth-order valence-corrected chi connectivity index (χ4v) is 4.78. The summed E-state index contributed by atoms with van der Waals surface area (Å²) in [4.78, 5) is 63.6. The normalized spacial score (nSPS) is 12.2. The summed E-state index contributed by atoms with van der Waals surface area (Å²) >= 11 is 0. The Morgan fingerprint density at radius 2 is 1.37 bits per heavy atom. The van der Waals surface area contributed by atoms with Crippen LogP contribution in [0.5, 0.6) is 0 Å². The van der Waals surface area contributed by atoms with Crippen molar-refractivity contribution in [2.45, 2.75) is 63.8 Å². The van der Waals surface area contributed by atoms with Crippen molar-refractivity contribution in [1.82, 2.24) is 21.3 Å². The molecule has 0 bridgehead atoms. The predicted molar refractivity (Wildman–Crippen MR) is 194 cm³/mol. The second kappa shape index (κ2) is 26.6. The molecule has 284 valence electrons. The van der Waals surface area contributed by atoms with Gasteiger partial charge in [0, 0.05) is 19.5 Å². The van der Waals surface area contributed by atoms with Crippen molar-refractivity contribution in [3.8, 4) is 0 Å². The van der Waals surface area contributed by atoms with Gasteiger partial charge in [-0.1, -0.05) is 72.8 Å². The molecule has 4 amide bonds. The highest BCUT2D eigenvalue weighted by Gasteiger charge is 2.26. The second-order valence-corrected chi connectivity index (χ2v) is 11.7. The lowest BCUT2D eigenvalue weighted by atomic mass is 9.98. The summed E-state index contributed by atoms with van der Waals surface area (Å²) in [6.45, 7) is 8.06. The molecule has 0 saturated heterocycles. The third kappa shape index (κ3) is 19.3. The second-order valence-electron chi connectivity index (χ2n) is 11.7. The Morgan fingerprint density at radius 1 is 0.731 bits per heavy atom. The quantitative estimate of drug-likeness (QED) is 0.0414. The van der Waals surface area contributed by atoms with E-state index >= 15 is 0 Å². The average molecular weight is 725 g/mol. The van der Waals surface area contributed by atoms with Crippen LogP contribution >= 0.6 is 0 Å². The van der Waals surface area contributed by atoms with Crippen molar-refractivity contribution in [3.63, 3.8) is 0 Å². The maximum atomic E-state index is 13.4. The Labute approximate surface area is 305 Å². The summed E-state index contributed by atoms with van der Waals surface area (Å²) < 4.78 is 21.2. The lowest BCUT2D eigenvalue weighted by molar-refractivity contribution is -0.147. The Balaban J connectivity index is 1.97. The number of hydrogen-bond donors (Lipinski definition) is 5. The number of benzene rings is 2. The standard InChI is InChI=1S/C38H52N4O10/c1-3-13-31(25-34(44)39-21-23-49-24-22-43)35(45)41-32(19-11-12-20-40-37(47)51-26-29-15-7-5-8-16-29)28-50-36(46)33(14-4-2)42-38(48)52-27-30-17-9-6-10-18-30/h3-10,15-18,31-33,43H,1-2,11-14,19-28H2,(H,39,44)(H,40,47)(H,41,45)(H,42,48)/t31-,32-,33+/m0/s1. The third-order valence-electron chi connectivity index (χ3n) is 7.48. The van der Waals surface area contributed by atoms with Crippen LogP contribution in [0.2, 0.25) is 0 Å². The Kier molecular flexibility index (Phi) is 22.0. The number of rotatable bonds is 26. The minimum absolute atomic E-state index is 0.0115. The van der Waals surface area contributed by atoms with E-state index in [1.165, 1.54) is 6.08 Å².